The summed E-state index contributed by atoms with van der Waals surface area (Å²) in [4.78, 5) is 6.64. The molecular formula is C16H24N2O. The number of allylic oxidation sites excluding steroid dienone is 1. The van der Waals surface area contributed by atoms with Gasteiger partial charge in [0.05, 0.1) is 6.10 Å². The zero-order valence-electron chi connectivity index (χ0n) is 12.0. The van der Waals surface area contributed by atoms with E-state index < -0.39 is 0 Å². The number of nitrogens with zero attached hydrogens (tertiary/aromatic N) is 2. The molecule has 0 radical (unpaired) electrons. The first-order valence-electron chi connectivity index (χ1n) is 7.10. The lowest BCUT2D eigenvalue weighted by Crippen LogP contribution is -2.32. The van der Waals surface area contributed by atoms with E-state index in [0.717, 1.165) is 26.2 Å². The van der Waals surface area contributed by atoms with E-state index in [1.807, 2.05) is 18.5 Å². The molecule has 1 atom stereocenters. The Morgan fingerprint density at radius 2 is 2.42 bits per heavy atom. The van der Waals surface area contributed by atoms with Crippen LogP contribution in [0.3, 0.4) is 0 Å². The second-order valence-corrected chi connectivity index (χ2v) is 5.47. The topological polar surface area (TPSA) is 25.4 Å². The van der Waals surface area contributed by atoms with Gasteiger partial charge in [0.25, 0.3) is 0 Å². The summed E-state index contributed by atoms with van der Waals surface area (Å²) in [6.07, 6.45) is 8.86. The average molecular weight is 260 g/mol. The van der Waals surface area contributed by atoms with Gasteiger partial charge in [-0.05, 0) is 38.3 Å². The first-order valence-corrected chi connectivity index (χ1v) is 7.10. The van der Waals surface area contributed by atoms with Crippen molar-refractivity contribution in [3.63, 3.8) is 0 Å². The van der Waals surface area contributed by atoms with Crippen LogP contribution in [-0.4, -0.2) is 35.7 Å². The van der Waals surface area contributed by atoms with Gasteiger partial charge in [0.2, 0.25) is 0 Å². The van der Waals surface area contributed by atoms with Crippen LogP contribution in [0.25, 0.3) is 0 Å². The number of hydrogen-bond donors (Lipinski definition) is 0. The van der Waals surface area contributed by atoms with Gasteiger partial charge in [-0.1, -0.05) is 17.7 Å². The van der Waals surface area contributed by atoms with Crippen LogP contribution >= 0.6 is 0 Å². The van der Waals surface area contributed by atoms with Gasteiger partial charge in [0.1, 0.15) is 0 Å². The summed E-state index contributed by atoms with van der Waals surface area (Å²) in [6, 6.07) is 4.14. The molecule has 1 fully saturated rings. The summed E-state index contributed by atoms with van der Waals surface area (Å²) in [5.41, 5.74) is 2.63. The van der Waals surface area contributed by atoms with Gasteiger partial charge in [-0.3, -0.25) is 9.88 Å². The SMILES string of the molecule is CC(C)=CCN(Cc1cccnc1)C[C@@H]1CCCO1. The van der Waals surface area contributed by atoms with Crippen LogP contribution in [0.5, 0.6) is 0 Å². The summed E-state index contributed by atoms with van der Waals surface area (Å²) in [5, 5.41) is 0. The maximum atomic E-state index is 5.75. The molecule has 2 heterocycles. The van der Waals surface area contributed by atoms with Crippen LogP contribution in [0.2, 0.25) is 0 Å². The van der Waals surface area contributed by atoms with Crippen LogP contribution < -0.4 is 0 Å². The Labute approximate surface area is 116 Å². The summed E-state index contributed by atoms with van der Waals surface area (Å²) in [5.74, 6) is 0. The maximum Gasteiger partial charge on any atom is 0.0703 e. The average Bonchev–Trinajstić information content (AvgIpc) is 2.90. The number of pyridine rings is 1. The van der Waals surface area contributed by atoms with Crippen molar-refractivity contribution >= 4 is 0 Å². The molecule has 0 bridgehead atoms. The van der Waals surface area contributed by atoms with Crippen molar-refractivity contribution in [3.8, 4) is 0 Å². The molecule has 2 rings (SSSR count). The predicted molar refractivity (Wildman–Crippen MR) is 77.9 cm³/mol. The molecule has 1 saturated heterocycles. The minimum atomic E-state index is 0.405. The van der Waals surface area contributed by atoms with Crippen molar-refractivity contribution < 1.29 is 4.74 Å². The van der Waals surface area contributed by atoms with Gasteiger partial charge in [-0.15, -0.1) is 0 Å². The Bertz CT molecular complexity index is 392. The van der Waals surface area contributed by atoms with Crippen molar-refractivity contribution in [2.45, 2.75) is 39.3 Å². The Balaban J connectivity index is 1.94. The van der Waals surface area contributed by atoms with Gasteiger partial charge in [0, 0.05) is 38.6 Å². The highest BCUT2D eigenvalue weighted by molar-refractivity contribution is 5.08. The van der Waals surface area contributed by atoms with Gasteiger partial charge >= 0.3 is 0 Å². The molecule has 1 aliphatic heterocycles. The first kappa shape index (κ1) is 14.2. The summed E-state index contributed by atoms with van der Waals surface area (Å²) >= 11 is 0. The Hall–Kier alpha value is -1.19. The third-order valence-corrected chi connectivity index (χ3v) is 3.37. The third kappa shape index (κ3) is 5.13. The van der Waals surface area contributed by atoms with Crippen molar-refractivity contribution in [2.75, 3.05) is 19.7 Å². The first-order chi connectivity index (χ1) is 9.24. The minimum Gasteiger partial charge on any atom is -0.377 e. The van der Waals surface area contributed by atoms with E-state index in [0.29, 0.717) is 6.10 Å². The molecule has 3 nitrogen and oxygen atoms in total. The molecule has 1 aromatic heterocycles. The van der Waals surface area contributed by atoms with E-state index in [1.54, 1.807) is 0 Å². The normalized spacial score (nSPS) is 18.8. The van der Waals surface area contributed by atoms with Crippen LogP contribution in [0.15, 0.2) is 36.2 Å². The smallest absolute Gasteiger partial charge is 0.0703 e. The minimum absolute atomic E-state index is 0.405. The van der Waals surface area contributed by atoms with Gasteiger partial charge < -0.3 is 4.74 Å². The van der Waals surface area contributed by atoms with E-state index in [9.17, 15) is 0 Å². The van der Waals surface area contributed by atoms with E-state index >= 15 is 0 Å². The highest BCUT2D eigenvalue weighted by atomic mass is 16.5. The summed E-state index contributed by atoms with van der Waals surface area (Å²) in [6.45, 7) is 8.16. The molecular weight excluding hydrogens is 236 g/mol. The number of ether oxygens (including phenoxy) is 1. The highest BCUT2D eigenvalue weighted by Crippen LogP contribution is 2.15. The maximum absolute atomic E-state index is 5.75. The van der Waals surface area contributed by atoms with Crippen LogP contribution in [0.4, 0.5) is 0 Å². The van der Waals surface area contributed by atoms with Crippen molar-refractivity contribution in [1.82, 2.24) is 9.88 Å². The molecule has 1 aromatic rings. The molecule has 19 heavy (non-hydrogen) atoms. The van der Waals surface area contributed by atoms with Gasteiger partial charge in [-0.2, -0.15) is 0 Å². The van der Waals surface area contributed by atoms with Gasteiger partial charge in [-0.25, -0.2) is 0 Å². The van der Waals surface area contributed by atoms with E-state index in [4.69, 9.17) is 4.74 Å². The predicted octanol–water partition coefficient (Wildman–Crippen LogP) is 3.03. The van der Waals surface area contributed by atoms with Crippen molar-refractivity contribution in [2.24, 2.45) is 0 Å². The van der Waals surface area contributed by atoms with Crippen molar-refractivity contribution in [3.05, 3.63) is 41.7 Å². The fourth-order valence-electron chi connectivity index (χ4n) is 2.34. The monoisotopic (exact) mass is 260 g/mol. The molecule has 3 heteroatoms. The van der Waals surface area contributed by atoms with E-state index in [-0.39, 0.29) is 0 Å². The molecule has 0 aliphatic carbocycles. The zero-order chi connectivity index (χ0) is 13.5. The fraction of sp³-hybridized carbons (Fsp3) is 0.562. The largest absolute Gasteiger partial charge is 0.377 e. The lowest BCUT2D eigenvalue weighted by molar-refractivity contribution is 0.0745. The molecule has 0 aromatic carbocycles. The second kappa shape index (κ2) is 7.41. The zero-order valence-corrected chi connectivity index (χ0v) is 12.0. The highest BCUT2D eigenvalue weighted by Gasteiger charge is 2.18. The Morgan fingerprint density at radius 1 is 1.53 bits per heavy atom. The van der Waals surface area contributed by atoms with Gasteiger partial charge in [0.15, 0.2) is 0 Å². The fourth-order valence-corrected chi connectivity index (χ4v) is 2.34. The summed E-state index contributed by atoms with van der Waals surface area (Å²) < 4.78 is 5.75. The van der Waals surface area contributed by atoms with Crippen LogP contribution in [0.1, 0.15) is 32.3 Å². The van der Waals surface area contributed by atoms with Crippen LogP contribution in [-0.2, 0) is 11.3 Å². The molecule has 0 amide bonds. The number of rotatable bonds is 6. The molecule has 0 N–H and O–H groups in total. The number of hydrogen-bond acceptors (Lipinski definition) is 3. The molecule has 0 saturated carbocycles. The number of aromatic nitrogens is 1. The lowest BCUT2D eigenvalue weighted by atomic mass is 10.2. The molecule has 0 spiro atoms. The quantitative estimate of drug-likeness (QED) is 0.735. The summed E-state index contributed by atoms with van der Waals surface area (Å²) in [7, 11) is 0. The van der Waals surface area contributed by atoms with E-state index in [1.165, 1.54) is 24.0 Å². The second-order valence-electron chi connectivity index (χ2n) is 5.47. The Morgan fingerprint density at radius 3 is 3.05 bits per heavy atom. The standard InChI is InChI=1S/C16H24N2O/c1-14(2)7-9-18(13-16-6-4-10-19-16)12-15-5-3-8-17-11-15/h3,5,7-8,11,16H,4,6,9-10,12-13H2,1-2H3/t16-/m0/s1. The molecule has 104 valence electrons. The molecule has 0 unspecified atom stereocenters. The van der Waals surface area contributed by atoms with E-state index in [2.05, 4.69) is 35.9 Å². The van der Waals surface area contributed by atoms with Crippen molar-refractivity contribution in [1.29, 1.82) is 0 Å². The lowest BCUT2D eigenvalue weighted by Gasteiger charge is -2.24. The Kier molecular flexibility index (Phi) is 5.55. The molecule has 1 aliphatic rings. The van der Waals surface area contributed by atoms with Crippen LogP contribution in [0, 0.1) is 0 Å². The third-order valence-electron chi connectivity index (χ3n) is 3.37.